The second-order valence-corrected chi connectivity index (χ2v) is 5.78. The van der Waals surface area contributed by atoms with Crippen molar-refractivity contribution in [2.75, 3.05) is 31.1 Å². The minimum Gasteiger partial charge on any atom is -0.370 e. The van der Waals surface area contributed by atoms with E-state index < -0.39 is 0 Å². The number of piperidine rings is 1. The number of aromatic nitrogens is 2. The normalized spacial score (nSPS) is 15.4. The average molecular weight is 292 g/mol. The number of unbranched alkanes of at least 4 members (excludes halogenated alkanes) is 1. The van der Waals surface area contributed by atoms with Gasteiger partial charge in [-0.15, -0.1) is 0 Å². The van der Waals surface area contributed by atoms with Gasteiger partial charge in [0.05, 0.1) is 11.9 Å². The van der Waals surface area contributed by atoms with E-state index in [0.29, 0.717) is 6.54 Å². The van der Waals surface area contributed by atoms with Crippen molar-refractivity contribution < 1.29 is 0 Å². The summed E-state index contributed by atoms with van der Waals surface area (Å²) in [5.74, 6) is 0. The molecular formula is C16H28N4O. The van der Waals surface area contributed by atoms with E-state index in [9.17, 15) is 4.79 Å². The van der Waals surface area contributed by atoms with Gasteiger partial charge in [0, 0.05) is 25.7 Å². The maximum atomic E-state index is 12.1. The molecule has 1 saturated heterocycles. The highest BCUT2D eigenvalue weighted by atomic mass is 16.1. The first-order valence-electron chi connectivity index (χ1n) is 8.34. The standard InChI is InChI=1S/C16H28N4O/c1-2-8-17-9-4-7-12-20-16(21)13-15(14-18-20)19-10-5-3-6-11-19/h13-14,17H,2-12H2,1H3. The van der Waals surface area contributed by atoms with Crippen molar-refractivity contribution in [2.24, 2.45) is 0 Å². The van der Waals surface area contributed by atoms with Crippen LogP contribution in [0.4, 0.5) is 5.69 Å². The van der Waals surface area contributed by atoms with Gasteiger partial charge < -0.3 is 10.2 Å². The van der Waals surface area contributed by atoms with E-state index >= 15 is 0 Å². The minimum absolute atomic E-state index is 0.0274. The van der Waals surface area contributed by atoms with Crippen molar-refractivity contribution in [1.82, 2.24) is 15.1 Å². The highest BCUT2D eigenvalue weighted by Gasteiger charge is 2.12. The Bertz CT molecular complexity index is 466. The van der Waals surface area contributed by atoms with Crippen molar-refractivity contribution in [2.45, 2.75) is 52.0 Å². The number of nitrogens with one attached hydrogen (secondary N) is 1. The summed E-state index contributed by atoms with van der Waals surface area (Å²) in [6.07, 6.45) is 8.82. The summed E-state index contributed by atoms with van der Waals surface area (Å²) in [5.41, 5.74) is 1.01. The van der Waals surface area contributed by atoms with Gasteiger partial charge in [0.1, 0.15) is 0 Å². The first-order valence-corrected chi connectivity index (χ1v) is 8.34. The van der Waals surface area contributed by atoms with Crippen LogP contribution in [-0.4, -0.2) is 36.0 Å². The zero-order valence-electron chi connectivity index (χ0n) is 13.2. The van der Waals surface area contributed by atoms with E-state index in [1.165, 1.54) is 25.7 Å². The Morgan fingerprint density at radius 3 is 2.71 bits per heavy atom. The molecule has 118 valence electrons. The second kappa shape index (κ2) is 8.82. The van der Waals surface area contributed by atoms with Crippen LogP contribution < -0.4 is 15.8 Å². The van der Waals surface area contributed by atoms with Gasteiger partial charge in [-0.2, -0.15) is 5.10 Å². The lowest BCUT2D eigenvalue weighted by Gasteiger charge is -2.28. The molecule has 0 atom stereocenters. The largest absolute Gasteiger partial charge is 0.370 e. The van der Waals surface area contributed by atoms with E-state index in [1.54, 1.807) is 10.7 Å². The molecule has 2 heterocycles. The molecule has 1 aromatic heterocycles. The van der Waals surface area contributed by atoms with Crippen LogP contribution in [0, 0.1) is 0 Å². The summed E-state index contributed by atoms with van der Waals surface area (Å²) in [6.45, 7) is 7.08. The minimum atomic E-state index is 0.0274. The molecule has 0 amide bonds. The molecule has 0 aliphatic carbocycles. The third kappa shape index (κ3) is 5.16. The van der Waals surface area contributed by atoms with Crippen LogP contribution in [0.25, 0.3) is 0 Å². The van der Waals surface area contributed by atoms with E-state index in [2.05, 4.69) is 22.2 Å². The van der Waals surface area contributed by atoms with E-state index in [4.69, 9.17) is 0 Å². The lowest BCUT2D eigenvalue weighted by molar-refractivity contribution is 0.513. The summed E-state index contributed by atoms with van der Waals surface area (Å²) in [4.78, 5) is 14.4. The molecule has 1 N–H and O–H groups in total. The lowest BCUT2D eigenvalue weighted by atomic mass is 10.1. The predicted octanol–water partition coefficient (Wildman–Crippen LogP) is 2.01. The summed E-state index contributed by atoms with van der Waals surface area (Å²) >= 11 is 0. The summed E-state index contributed by atoms with van der Waals surface area (Å²) in [7, 11) is 0. The van der Waals surface area contributed by atoms with Crippen LogP contribution in [0.3, 0.4) is 0 Å². The van der Waals surface area contributed by atoms with Gasteiger partial charge in [-0.3, -0.25) is 4.79 Å². The quantitative estimate of drug-likeness (QED) is 0.745. The first kappa shape index (κ1) is 16.0. The molecule has 0 bridgehead atoms. The maximum absolute atomic E-state index is 12.1. The molecule has 0 unspecified atom stereocenters. The Kier molecular flexibility index (Phi) is 6.73. The van der Waals surface area contributed by atoms with Crippen LogP contribution in [0.2, 0.25) is 0 Å². The monoisotopic (exact) mass is 292 g/mol. The molecule has 1 aromatic rings. The van der Waals surface area contributed by atoms with Crippen molar-refractivity contribution >= 4 is 5.69 Å². The van der Waals surface area contributed by atoms with Crippen molar-refractivity contribution in [3.05, 3.63) is 22.6 Å². The van der Waals surface area contributed by atoms with Crippen LogP contribution in [0.1, 0.15) is 45.4 Å². The third-order valence-electron chi connectivity index (χ3n) is 3.98. The zero-order chi connectivity index (χ0) is 14.9. The Hall–Kier alpha value is -1.36. The third-order valence-corrected chi connectivity index (χ3v) is 3.98. The van der Waals surface area contributed by atoms with Gasteiger partial charge >= 0.3 is 0 Å². The van der Waals surface area contributed by atoms with Crippen molar-refractivity contribution in [1.29, 1.82) is 0 Å². The summed E-state index contributed by atoms with van der Waals surface area (Å²) in [6, 6.07) is 1.74. The van der Waals surface area contributed by atoms with Crippen LogP contribution in [0.5, 0.6) is 0 Å². The SMILES string of the molecule is CCCNCCCCn1ncc(N2CCCCC2)cc1=O. The number of hydrogen-bond donors (Lipinski definition) is 1. The molecule has 2 rings (SSSR count). The fraction of sp³-hybridized carbons (Fsp3) is 0.750. The molecular weight excluding hydrogens is 264 g/mol. The highest BCUT2D eigenvalue weighted by molar-refractivity contribution is 5.43. The maximum Gasteiger partial charge on any atom is 0.268 e. The van der Waals surface area contributed by atoms with Crippen molar-refractivity contribution in [3.8, 4) is 0 Å². The summed E-state index contributed by atoms with van der Waals surface area (Å²) in [5, 5.41) is 7.70. The zero-order valence-corrected chi connectivity index (χ0v) is 13.2. The van der Waals surface area contributed by atoms with Gasteiger partial charge in [-0.05, 0) is 51.6 Å². The molecule has 0 spiro atoms. The Balaban J connectivity index is 1.80. The first-order chi connectivity index (χ1) is 10.3. The number of nitrogens with zero attached hydrogens (tertiary/aromatic N) is 3. The number of anilines is 1. The van der Waals surface area contributed by atoms with Crippen LogP contribution in [-0.2, 0) is 6.54 Å². The van der Waals surface area contributed by atoms with Crippen LogP contribution >= 0.6 is 0 Å². The topological polar surface area (TPSA) is 50.2 Å². The number of aryl methyl sites for hydroxylation is 1. The molecule has 1 aliphatic rings. The summed E-state index contributed by atoms with van der Waals surface area (Å²) < 4.78 is 1.59. The van der Waals surface area contributed by atoms with E-state index in [0.717, 1.165) is 44.7 Å². The predicted molar refractivity (Wildman–Crippen MR) is 87.0 cm³/mol. The lowest BCUT2D eigenvalue weighted by Crippen LogP contribution is -2.32. The van der Waals surface area contributed by atoms with Crippen molar-refractivity contribution in [3.63, 3.8) is 0 Å². The van der Waals surface area contributed by atoms with E-state index in [-0.39, 0.29) is 5.56 Å². The molecule has 21 heavy (non-hydrogen) atoms. The number of rotatable bonds is 8. The van der Waals surface area contributed by atoms with Gasteiger partial charge in [-0.1, -0.05) is 6.92 Å². The van der Waals surface area contributed by atoms with Gasteiger partial charge in [-0.25, -0.2) is 4.68 Å². The van der Waals surface area contributed by atoms with Gasteiger partial charge in [0.2, 0.25) is 0 Å². The Morgan fingerprint density at radius 2 is 2.00 bits per heavy atom. The fourth-order valence-electron chi connectivity index (χ4n) is 2.73. The smallest absolute Gasteiger partial charge is 0.268 e. The molecule has 1 fully saturated rings. The molecule has 1 aliphatic heterocycles. The molecule has 0 saturated carbocycles. The van der Waals surface area contributed by atoms with Gasteiger partial charge in [0.15, 0.2) is 0 Å². The highest BCUT2D eigenvalue weighted by Crippen LogP contribution is 2.16. The second-order valence-electron chi connectivity index (χ2n) is 5.78. The molecule has 0 aromatic carbocycles. The van der Waals surface area contributed by atoms with Crippen LogP contribution in [0.15, 0.2) is 17.1 Å². The van der Waals surface area contributed by atoms with E-state index in [1.807, 2.05) is 6.20 Å². The number of hydrogen-bond acceptors (Lipinski definition) is 4. The molecule has 5 nitrogen and oxygen atoms in total. The van der Waals surface area contributed by atoms with Gasteiger partial charge in [0.25, 0.3) is 5.56 Å². The Labute approximate surface area is 127 Å². The Morgan fingerprint density at radius 1 is 1.19 bits per heavy atom. The average Bonchev–Trinajstić information content (AvgIpc) is 2.53. The molecule has 5 heteroatoms. The molecule has 0 radical (unpaired) electrons. The fourth-order valence-corrected chi connectivity index (χ4v) is 2.73.